The molecule has 2 aliphatic heterocycles. The van der Waals surface area contributed by atoms with Crippen molar-refractivity contribution in [3.05, 3.63) is 65.5 Å². The van der Waals surface area contributed by atoms with E-state index in [9.17, 15) is 14.0 Å². The Hall–Kier alpha value is -2.89. The van der Waals surface area contributed by atoms with E-state index in [2.05, 4.69) is 10.6 Å². The zero-order valence-corrected chi connectivity index (χ0v) is 16.5. The number of para-hydroxylation sites is 1. The summed E-state index contributed by atoms with van der Waals surface area (Å²) >= 11 is 0. The highest BCUT2D eigenvalue weighted by atomic mass is 19.1. The van der Waals surface area contributed by atoms with Crippen molar-refractivity contribution in [2.24, 2.45) is 0 Å². The maximum Gasteiger partial charge on any atom is 0.322 e. The molecule has 4 rings (SSSR count). The highest BCUT2D eigenvalue weighted by molar-refractivity contribution is 5.94. The monoisotopic (exact) mass is 395 g/mol. The van der Waals surface area contributed by atoms with Gasteiger partial charge in [0.25, 0.3) is 5.91 Å². The van der Waals surface area contributed by atoms with Crippen LogP contribution < -0.4 is 10.6 Å². The summed E-state index contributed by atoms with van der Waals surface area (Å²) < 4.78 is 13.9. The largest absolute Gasteiger partial charge is 0.349 e. The summed E-state index contributed by atoms with van der Waals surface area (Å²) in [4.78, 5) is 27.3. The maximum absolute atomic E-state index is 13.9. The molecule has 152 valence electrons. The smallest absolute Gasteiger partial charge is 0.322 e. The maximum atomic E-state index is 13.9. The number of nitrogens with one attached hydrogen (secondary N) is 2. The Labute approximate surface area is 170 Å². The average molecular weight is 395 g/mol. The number of fused-ring (bicyclic) bond motifs is 2. The molecular weight excluding hydrogens is 369 g/mol. The number of aryl methyl sites for hydroxylation is 1. The zero-order chi connectivity index (χ0) is 20.4. The quantitative estimate of drug-likeness (QED) is 0.805. The number of hydrogen-bond acceptors (Lipinski definition) is 2. The van der Waals surface area contributed by atoms with Crippen molar-refractivity contribution in [2.45, 2.75) is 57.2 Å². The number of rotatable bonds is 3. The van der Waals surface area contributed by atoms with Crippen LogP contribution in [-0.4, -0.2) is 35.0 Å². The summed E-state index contributed by atoms with van der Waals surface area (Å²) in [6.07, 6.45) is 4.31. The minimum Gasteiger partial charge on any atom is -0.349 e. The lowest BCUT2D eigenvalue weighted by Crippen LogP contribution is -2.59. The third-order valence-corrected chi connectivity index (χ3v) is 5.97. The van der Waals surface area contributed by atoms with Crippen LogP contribution in [0.2, 0.25) is 0 Å². The Bertz CT molecular complexity index is 885. The highest BCUT2D eigenvalue weighted by Crippen LogP contribution is 2.35. The molecule has 0 saturated carbocycles. The van der Waals surface area contributed by atoms with Gasteiger partial charge in [-0.05, 0) is 63.3 Å². The first-order chi connectivity index (χ1) is 14.0. The SMILES string of the molecule is Cc1ccc(C(=O)NC2C[C@@H]3CCC[C@@H](C2)N3C(=O)Nc2ccccc2F)cc1. The van der Waals surface area contributed by atoms with Gasteiger partial charge in [0.2, 0.25) is 0 Å². The van der Waals surface area contributed by atoms with Gasteiger partial charge in [0, 0.05) is 23.7 Å². The number of carbonyl (C=O) groups excluding carboxylic acids is 2. The van der Waals surface area contributed by atoms with Crippen LogP contribution in [0, 0.1) is 12.7 Å². The fourth-order valence-electron chi connectivity index (χ4n) is 4.55. The first kappa shape index (κ1) is 19.4. The van der Waals surface area contributed by atoms with E-state index < -0.39 is 5.82 Å². The van der Waals surface area contributed by atoms with Crippen molar-refractivity contribution in [2.75, 3.05) is 5.32 Å². The molecular formula is C23H26FN3O2. The van der Waals surface area contributed by atoms with Gasteiger partial charge in [0.1, 0.15) is 5.82 Å². The lowest BCUT2D eigenvalue weighted by molar-refractivity contribution is 0.0576. The number of amides is 3. The van der Waals surface area contributed by atoms with E-state index in [0.717, 1.165) is 37.7 Å². The molecule has 0 aliphatic carbocycles. The first-order valence-corrected chi connectivity index (χ1v) is 10.2. The molecule has 29 heavy (non-hydrogen) atoms. The van der Waals surface area contributed by atoms with Crippen molar-refractivity contribution in [3.8, 4) is 0 Å². The van der Waals surface area contributed by atoms with Gasteiger partial charge in [0.05, 0.1) is 5.69 Å². The normalized spacial score (nSPS) is 23.4. The molecule has 0 radical (unpaired) electrons. The molecule has 2 N–H and O–H groups in total. The van der Waals surface area contributed by atoms with Gasteiger partial charge in [0.15, 0.2) is 0 Å². The third kappa shape index (κ3) is 4.26. The summed E-state index contributed by atoms with van der Waals surface area (Å²) in [7, 11) is 0. The van der Waals surface area contributed by atoms with E-state index in [1.165, 1.54) is 6.07 Å². The molecule has 2 heterocycles. The Morgan fingerprint density at radius 2 is 1.66 bits per heavy atom. The lowest BCUT2D eigenvalue weighted by Gasteiger charge is -2.48. The molecule has 2 aliphatic rings. The number of piperidine rings is 2. The number of benzene rings is 2. The first-order valence-electron chi connectivity index (χ1n) is 10.2. The van der Waals surface area contributed by atoms with Crippen molar-refractivity contribution in [1.29, 1.82) is 0 Å². The van der Waals surface area contributed by atoms with Crippen molar-refractivity contribution in [3.63, 3.8) is 0 Å². The van der Waals surface area contributed by atoms with Crippen LogP contribution in [-0.2, 0) is 0 Å². The van der Waals surface area contributed by atoms with Gasteiger partial charge in [-0.1, -0.05) is 29.8 Å². The molecule has 2 saturated heterocycles. The number of carbonyl (C=O) groups is 2. The Morgan fingerprint density at radius 1 is 1.00 bits per heavy atom. The number of halogens is 1. The van der Waals surface area contributed by atoms with Crippen LogP contribution in [0.4, 0.5) is 14.9 Å². The molecule has 3 amide bonds. The van der Waals surface area contributed by atoms with Crippen LogP contribution in [0.5, 0.6) is 0 Å². The van der Waals surface area contributed by atoms with E-state index in [1.54, 1.807) is 18.2 Å². The number of anilines is 1. The minimum absolute atomic E-state index is 0.0385. The molecule has 2 bridgehead atoms. The number of hydrogen-bond donors (Lipinski definition) is 2. The van der Waals surface area contributed by atoms with Crippen molar-refractivity contribution >= 4 is 17.6 Å². The van der Waals surface area contributed by atoms with E-state index in [-0.39, 0.29) is 35.8 Å². The van der Waals surface area contributed by atoms with Crippen LogP contribution in [0.3, 0.4) is 0 Å². The van der Waals surface area contributed by atoms with Gasteiger partial charge in [-0.2, -0.15) is 0 Å². The zero-order valence-electron chi connectivity index (χ0n) is 16.5. The van der Waals surface area contributed by atoms with Crippen LogP contribution in [0.15, 0.2) is 48.5 Å². The molecule has 2 atom stereocenters. The fraction of sp³-hybridized carbons (Fsp3) is 0.391. The molecule has 2 aromatic rings. The van der Waals surface area contributed by atoms with Gasteiger partial charge >= 0.3 is 6.03 Å². The van der Waals surface area contributed by atoms with Gasteiger partial charge in [-0.3, -0.25) is 4.79 Å². The Morgan fingerprint density at radius 3 is 2.31 bits per heavy atom. The highest BCUT2D eigenvalue weighted by Gasteiger charge is 2.41. The van der Waals surface area contributed by atoms with Crippen LogP contribution in [0.1, 0.15) is 48.0 Å². The molecule has 0 aromatic heterocycles. The third-order valence-electron chi connectivity index (χ3n) is 5.97. The fourth-order valence-corrected chi connectivity index (χ4v) is 4.55. The van der Waals surface area contributed by atoms with Crippen LogP contribution in [0.25, 0.3) is 0 Å². The number of urea groups is 1. The van der Waals surface area contributed by atoms with Gasteiger partial charge in [-0.15, -0.1) is 0 Å². The lowest BCUT2D eigenvalue weighted by atomic mass is 9.82. The summed E-state index contributed by atoms with van der Waals surface area (Å²) in [6.45, 7) is 1.99. The average Bonchev–Trinajstić information content (AvgIpc) is 2.69. The predicted octanol–water partition coefficient (Wildman–Crippen LogP) is 4.48. The molecule has 6 heteroatoms. The standard InChI is InChI=1S/C23H26FN3O2/c1-15-9-11-16(12-10-15)22(28)25-17-13-18-5-4-6-19(14-17)27(18)23(29)26-21-8-3-2-7-20(21)24/h2-3,7-12,17-19H,4-6,13-14H2,1H3,(H,25,28)(H,26,29)/t18-,19-/m0/s1. The van der Waals surface area contributed by atoms with E-state index in [0.29, 0.717) is 5.56 Å². The summed E-state index contributed by atoms with van der Waals surface area (Å²) in [5.74, 6) is -0.511. The summed E-state index contributed by atoms with van der Waals surface area (Å²) in [5, 5.41) is 5.86. The molecule has 0 spiro atoms. The molecule has 0 unspecified atom stereocenters. The summed E-state index contributed by atoms with van der Waals surface area (Å²) in [5.41, 5.74) is 1.97. The van der Waals surface area contributed by atoms with E-state index in [1.807, 2.05) is 36.1 Å². The second-order valence-electron chi connectivity index (χ2n) is 8.06. The second kappa shape index (κ2) is 8.23. The van der Waals surface area contributed by atoms with Crippen LogP contribution >= 0.6 is 0 Å². The molecule has 5 nitrogen and oxygen atoms in total. The predicted molar refractivity (Wildman–Crippen MR) is 110 cm³/mol. The molecule has 2 aromatic carbocycles. The minimum atomic E-state index is -0.439. The van der Waals surface area contributed by atoms with E-state index >= 15 is 0 Å². The van der Waals surface area contributed by atoms with Crippen molar-refractivity contribution in [1.82, 2.24) is 10.2 Å². The van der Waals surface area contributed by atoms with Crippen molar-refractivity contribution < 1.29 is 14.0 Å². The van der Waals surface area contributed by atoms with Gasteiger partial charge < -0.3 is 15.5 Å². The topological polar surface area (TPSA) is 61.4 Å². The van der Waals surface area contributed by atoms with Gasteiger partial charge in [-0.25, -0.2) is 9.18 Å². The molecule has 2 fully saturated rings. The number of nitrogens with zero attached hydrogens (tertiary/aromatic N) is 1. The summed E-state index contributed by atoms with van der Waals surface area (Å²) in [6, 6.07) is 13.6. The van der Waals surface area contributed by atoms with E-state index in [4.69, 9.17) is 0 Å². The second-order valence-corrected chi connectivity index (χ2v) is 8.06. The Balaban J connectivity index is 1.42. The Kier molecular flexibility index (Phi) is 5.51.